The lowest BCUT2D eigenvalue weighted by Crippen LogP contribution is -2.02. The highest BCUT2D eigenvalue weighted by Gasteiger charge is 2.05. The van der Waals surface area contributed by atoms with Crippen LogP contribution in [0.25, 0.3) is 5.82 Å². The molecule has 0 saturated carbocycles. The van der Waals surface area contributed by atoms with Crippen LogP contribution < -0.4 is 5.73 Å². The molecule has 0 amide bonds. The number of nitrogens with two attached hydrogens (primary N) is 1. The molecule has 170 valence electrons. The fraction of sp³-hybridized carbons (Fsp3) is 0.346. The first-order valence-corrected chi connectivity index (χ1v) is 10.5. The van der Waals surface area contributed by atoms with E-state index in [1.807, 2.05) is 32.9 Å². The maximum absolute atomic E-state index is 10.2. The van der Waals surface area contributed by atoms with Crippen LogP contribution in [0.15, 0.2) is 36.4 Å². The van der Waals surface area contributed by atoms with E-state index in [2.05, 4.69) is 66.5 Å². The molecule has 0 aromatic carbocycles. The van der Waals surface area contributed by atoms with E-state index in [1.165, 1.54) is 29.4 Å². The second-order valence-electron chi connectivity index (χ2n) is 8.05. The van der Waals surface area contributed by atoms with Crippen molar-refractivity contribution in [3.05, 3.63) is 77.2 Å². The van der Waals surface area contributed by atoms with Crippen LogP contribution in [0.1, 0.15) is 53.7 Å². The van der Waals surface area contributed by atoms with E-state index < -0.39 is 0 Å². The molecule has 0 fully saturated rings. The van der Waals surface area contributed by atoms with Gasteiger partial charge in [-0.1, -0.05) is 0 Å². The van der Waals surface area contributed by atoms with Gasteiger partial charge in [-0.3, -0.25) is 0 Å². The molecule has 0 saturated heterocycles. The molecule has 0 atom stereocenters. The highest BCUT2D eigenvalue weighted by molar-refractivity contribution is 5.87. The molecule has 3 aromatic heterocycles. The van der Waals surface area contributed by atoms with Crippen LogP contribution in [0, 0.1) is 48.5 Å². The molecule has 3 rings (SSSR count). The number of rotatable bonds is 4. The molecule has 3 aromatic rings. The summed E-state index contributed by atoms with van der Waals surface area (Å²) in [7, 11) is 0. The Balaban J connectivity index is 0.000000260. The quantitative estimate of drug-likeness (QED) is 0.573. The Morgan fingerprint density at radius 3 is 1.72 bits per heavy atom. The lowest BCUT2D eigenvalue weighted by Gasteiger charge is -2.10. The zero-order valence-corrected chi connectivity index (χ0v) is 20.3. The van der Waals surface area contributed by atoms with Gasteiger partial charge in [-0.15, -0.1) is 0 Å². The topological polar surface area (TPSA) is 90.9 Å². The fourth-order valence-electron chi connectivity index (χ4n) is 3.15. The summed E-state index contributed by atoms with van der Waals surface area (Å²) in [6.45, 7) is 16.9. The van der Waals surface area contributed by atoms with Crippen LogP contribution in [-0.4, -0.2) is 26.1 Å². The first-order chi connectivity index (χ1) is 14.9. The molecule has 0 unspecified atom stereocenters. The molecule has 3 heterocycles. The average molecular weight is 436 g/mol. The van der Waals surface area contributed by atoms with Crippen molar-refractivity contribution in [2.45, 2.75) is 61.3 Å². The number of ketones is 2. The minimum Gasteiger partial charge on any atom is -0.384 e. The highest BCUT2D eigenvalue weighted by Crippen LogP contribution is 2.16. The van der Waals surface area contributed by atoms with Crippen LogP contribution in [0.4, 0.5) is 5.82 Å². The van der Waals surface area contributed by atoms with Gasteiger partial charge in [0.1, 0.15) is 24.3 Å². The summed E-state index contributed by atoms with van der Waals surface area (Å²) in [6.07, 6.45) is 0.623. The molecule has 2 N–H and O–H groups in total. The minimum atomic E-state index is -0.166. The smallest absolute Gasteiger partial charge is 0.303 e. The van der Waals surface area contributed by atoms with E-state index in [4.69, 9.17) is 5.73 Å². The monoisotopic (exact) mass is 435 g/mol. The molecule has 6 nitrogen and oxygen atoms in total. The minimum absolute atomic E-state index is 0.0435. The number of carbonyl (C=O) groups is 2. The zero-order valence-electron chi connectivity index (χ0n) is 20.3. The number of anilines is 1. The van der Waals surface area contributed by atoms with E-state index in [1.54, 1.807) is 0 Å². The number of Topliss-reactive ketones (excluding diaryl/α,β-unsaturated/α-hetero) is 2. The Bertz CT molecular complexity index is 963. The van der Waals surface area contributed by atoms with Crippen molar-refractivity contribution in [2.24, 2.45) is 0 Å². The van der Waals surface area contributed by atoms with Crippen LogP contribution in [0.2, 0.25) is 0 Å². The Labute approximate surface area is 191 Å². The predicted molar refractivity (Wildman–Crippen MR) is 131 cm³/mol. The lowest BCUT2D eigenvalue weighted by molar-refractivity contribution is -0.121. The maximum Gasteiger partial charge on any atom is 0.303 e. The predicted octanol–water partition coefficient (Wildman–Crippen LogP) is 5.15. The molecular formula is C26H35N4O2+. The summed E-state index contributed by atoms with van der Waals surface area (Å²) in [5.74, 6) is 1.50. The SMILES string of the molecule is Cc1cc(C)nc(-n2c(C)ccc2C)c1.Cc1cc(C)nc(N)c1.[CH2+]C(=O)CCC(C)=O. The van der Waals surface area contributed by atoms with Crippen molar-refractivity contribution in [1.82, 2.24) is 14.5 Å². The van der Waals surface area contributed by atoms with Crippen molar-refractivity contribution in [3.63, 3.8) is 0 Å². The van der Waals surface area contributed by atoms with Crippen molar-refractivity contribution < 1.29 is 9.59 Å². The van der Waals surface area contributed by atoms with Gasteiger partial charge in [0, 0.05) is 29.2 Å². The number of pyridine rings is 2. The Hall–Kier alpha value is -3.41. The summed E-state index contributed by atoms with van der Waals surface area (Å²) < 4.78 is 2.18. The van der Waals surface area contributed by atoms with E-state index >= 15 is 0 Å². The van der Waals surface area contributed by atoms with Gasteiger partial charge in [0.05, 0.1) is 6.42 Å². The number of aromatic nitrogens is 3. The van der Waals surface area contributed by atoms with Gasteiger partial charge in [-0.05, 0) is 96.0 Å². The summed E-state index contributed by atoms with van der Waals surface area (Å²) in [5, 5.41) is 0. The molecular weight excluding hydrogens is 400 g/mol. The number of hydrogen-bond donors (Lipinski definition) is 1. The van der Waals surface area contributed by atoms with Crippen LogP contribution in [0.3, 0.4) is 0 Å². The largest absolute Gasteiger partial charge is 0.384 e. The number of aryl methyl sites for hydroxylation is 6. The molecule has 6 heteroatoms. The first kappa shape index (κ1) is 26.6. The molecule has 32 heavy (non-hydrogen) atoms. The summed E-state index contributed by atoms with van der Waals surface area (Å²) in [4.78, 5) is 28.8. The van der Waals surface area contributed by atoms with E-state index in [-0.39, 0.29) is 18.0 Å². The van der Waals surface area contributed by atoms with Crippen LogP contribution in [0.5, 0.6) is 0 Å². The highest BCUT2D eigenvalue weighted by atomic mass is 16.1. The Kier molecular flexibility index (Phi) is 10.4. The molecule has 0 aliphatic rings. The summed E-state index contributed by atoms with van der Waals surface area (Å²) in [6, 6.07) is 12.3. The number of hydrogen-bond acceptors (Lipinski definition) is 5. The molecule has 0 aliphatic heterocycles. The van der Waals surface area contributed by atoms with E-state index in [9.17, 15) is 9.59 Å². The van der Waals surface area contributed by atoms with Gasteiger partial charge in [0.25, 0.3) is 0 Å². The van der Waals surface area contributed by atoms with Crippen LogP contribution in [-0.2, 0) is 9.59 Å². The number of nitrogens with zero attached hydrogens (tertiary/aromatic N) is 3. The van der Waals surface area contributed by atoms with Gasteiger partial charge in [0.2, 0.25) is 0 Å². The Morgan fingerprint density at radius 1 is 0.844 bits per heavy atom. The van der Waals surface area contributed by atoms with Crippen molar-refractivity contribution >= 4 is 17.4 Å². The van der Waals surface area contributed by atoms with Crippen molar-refractivity contribution in [2.75, 3.05) is 5.73 Å². The Morgan fingerprint density at radius 2 is 1.34 bits per heavy atom. The van der Waals surface area contributed by atoms with Gasteiger partial charge in [-0.25, -0.2) is 14.8 Å². The van der Waals surface area contributed by atoms with E-state index in [0.717, 1.165) is 17.2 Å². The number of carbonyl (C=O) groups excluding carboxylic acids is 2. The maximum atomic E-state index is 10.2. The lowest BCUT2D eigenvalue weighted by atomic mass is 10.2. The van der Waals surface area contributed by atoms with Gasteiger partial charge in [-0.2, -0.15) is 0 Å². The molecule has 0 spiro atoms. The third-order valence-corrected chi connectivity index (χ3v) is 4.46. The van der Waals surface area contributed by atoms with E-state index in [0.29, 0.717) is 12.2 Å². The molecule has 0 aliphatic carbocycles. The third-order valence-electron chi connectivity index (χ3n) is 4.46. The van der Waals surface area contributed by atoms with Gasteiger partial charge >= 0.3 is 5.78 Å². The number of nitrogen functional groups attached to an aromatic ring is 1. The van der Waals surface area contributed by atoms with Crippen molar-refractivity contribution in [3.8, 4) is 5.82 Å². The second-order valence-corrected chi connectivity index (χ2v) is 8.05. The van der Waals surface area contributed by atoms with Crippen molar-refractivity contribution in [1.29, 1.82) is 0 Å². The zero-order chi connectivity index (χ0) is 24.4. The summed E-state index contributed by atoms with van der Waals surface area (Å²) >= 11 is 0. The van der Waals surface area contributed by atoms with Gasteiger partial charge < -0.3 is 15.1 Å². The second kappa shape index (κ2) is 12.4. The normalized spacial score (nSPS) is 9.84. The molecule has 0 radical (unpaired) electrons. The standard InChI is InChI=1S/C13H16N2.C7H10N2.C6H9O2/c1-9-7-10(2)14-13(8-9)15-11(3)5-6-12(15)4;1-5-3-6(2)9-7(8)4-5;1-5(7)3-4-6(2)8/h5-8H,1-4H3;3-4H,1-2H3,(H2,8,9);1,3-4H2,2H3/q;;+1. The molecule has 0 bridgehead atoms. The fourth-order valence-corrected chi connectivity index (χ4v) is 3.15. The third kappa shape index (κ3) is 9.60. The summed E-state index contributed by atoms with van der Waals surface area (Å²) in [5.41, 5.74) is 12.4. The van der Waals surface area contributed by atoms with Crippen LogP contribution >= 0.6 is 0 Å². The van der Waals surface area contributed by atoms with Gasteiger partial charge in [0.15, 0.2) is 0 Å². The first-order valence-electron chi connectivity index (χ1n) is 10.5. The average Bonchev–Trinajstić information content (AvgIpc) is 2.97.